The maximum absolute atomic E-state index is 12.9. The zero-order valence-electron chi connectivity index (χ0n) is 11.9. The fraction of sp³-hybridized carbons (Fsp3) is 0.462. The van der Waals surface area contributed by atoms with E-state index in [0.717, 1.165) is 19.6 Å². The van der Waals surface area contributed by atoms with E-state index in [-0.39, 0.29) is 4.90 Å². The number of hydrogen-bond donors (Lipinski definition) is 0. The first kappa shape index (κ1) is 17.5. The minimum absolute atomic E-state index is 0.101. The van der Waals surface area contributed by atoms with Crippen LogP contribution in [0.5, 0.6) is 0 Å². The van der Waals surface area contributed by atoms with Crippen LogP contribution in [0.25, 0.3) is 0 Å². The predicted molar refractivity (Wildman–Crippen MR) is 71.8 cm³/mol. The van der Waals surface area contributed by atoms with Crippen molar-refractivity contribution in [2.45, 2.75) is 31.1 Å². The fourth-order valence-electron chi connectivity index (χ4n) is 1.51. The average molecular weight is 320 g/mol. The molecule has 0 fully saturated rings. The van der Waals surface area contributed by atoms with E-state index >= 15 is 0 Å². The largest absolute Gasteiger partial charge is 0.454 e. The zero-order valence-corrected chi connectivity index (χ0v) is 12.7. The Morgan fingerprint density at radius 2 is 1.86 bits per heavy atom. The summed E-state index contributed by atoms with van der Waals surface area (Å²) >= 11 is 0. The molecule has 0 saturated carbocycles. The molecule has 0 aliphatic heterocycles. The van der Waals surface area contributed by atoms with Crippen LogP contribution in [0.15, 0.2) is 29.2 Å². The van der Waals surface area contributed by atoms with Crippen LogP contribution < -0.4 is 0 Å². The summed E-state index contributed by atoms with van der Waals surface area (Å²) in [6.07, 6.45) is -3.03. The summed E-state index contributed by atoms with van der Waals surface area (Å²) < 4.78 is 51.2. The normalized spacial score (nSPS) is 14.5. The molecule has 1 aromatic carbocycles. The Morgan fingerprint density at radius 3 is 2.29 bits per heavy atom. The minimum atomic E-state index is -4.16. The number of hydrogen-bond acceptors (Lipinski definition) is 6. The third-order valence-electron chi connectivity index (χ3n) is 2.54. The Morgan fingerprint density at radius 1 is 1.29 bits per heavy atom. The molecule has 8 heteroatoms. The van der Waals surface area contributed by atoms with Gasteiger partial charge in [-0.1, -0.05) is 17.7 Å². The number of ether oxygens (including phenoxy) is 2. The highest BCUT2D eigenvalue weighted by atomic mass is 32.2. The lowest BCUT2D eigenvalue weighted by molar-refractivity contribution is -0.175. The van der Waals surface area contributed by atoms with Crippen molar-refractivity contribution in [1.29, 1.82) is 0 Å². The van der Waals surface area contributed by atoms with Gasteiger partial charge >= 0.3 is 5.97 Å². The van der Waals surface area contributed by atoms with Gasteiger partial charge in [0.25, 0.3) is 10.1 Å². The van der Waals surface area contributed by atoms with Gasteiger partial charge < -0.3 is 9.47 Å². The molecule has 0 heterocycles. The van der Waals surface area contributed by atoms with Crippen molar-refractivity contribution in [3.8, 4) is 0 Å². The molecule has 21 heavy (non-hydrogen) atoms. The van der Waals surface area contributed by atoms with Gasteiger partial charge in [0, 0.05) is 14.0 Å². The number of methoxy groups -OCH3 is 1. The molecule has 118 valence electrons. The van der Waals surface area contributed by atoms with Gasteiger partial charge in [-0.05, 0) is 19.1 Å². The first-order chi connectivity index (χ1) is 9.80. The summed E-state index contributed by atoms with van der Waals surface area (Å²) in [5.41, 5.74) is 0.874. The zero-order chi connectivity index (χ0) is 16.0. The second-order valence-corrected chi connectivity index (χ2v) is 5.84. The number of aryl methyl sites for hydroxylation is 1. The van der Waals surface area contributed by atoms with Crippen molar-refractivity contribution >= 4 is 16.1 Å². The highest BCUT2D eigenvalue weighted by molar-refractivity contribution is 7.86. The molecule has 0 amide bonds. The summed E-state index contributed by atoms with van der Waals surface area (Å²) in [6, 6.07) is 5.90. The van der Waals surface area contributed by atoms with Gasteiger partial charge in [-0.3, -0.25) is 4.79 Å². The molecule has 1 rings (SSSR count). The highest BCUT2D eigenvalue weighted by Crippen LogP contribution is 2.18. The molecule has 0 aliphatic carbocycles. The smallest absolute Gasteiger partial charge is 0.303 e. The van der Waals surface area contributed by atoms with E-state index in [9.17, 15) is 17.6 Å². The molecule has 0 radical (unpaired) electrons. The fourth-order valence-corrected chi connectivity index (χ4v) is 2.54. The van der Waals surface area contributed by atoms with Crippen molar-refractivity contribution in [1.82, 2.24) is 0 Å². The van der Waals surface area contributed by atoms with E-state index in [0.29, 0.717) is 0 Å². The maximum Gasteiger partial charge on any atom is 0.303 e. The van der Waals surface area contributed by atoms with E-state index in [1.807, 2.05) is 0 Å². The lowest BCUT2D eigenvalue weighted by Crippen LogP contribution is -2.37. The molecule has 0 aliphatic rings. The summed E-state index contributed by atoms with van der Waals surface area (Å²) in [5, 5.41) is 0. The van der Waals surface area contributed by atoms with Gasteiger partial charge in [0.1, 0.15) is 6.67 Å². The molecule has 6 nitrogen and oxygen atoms in total. The first-order valence-electron chi connectivity index (χ1n) is 6.06. The van der Waals surface area contributed by atoms with Crippen LogP contribution in [0.2, 0.25) is 0 Å². The van der Waals surface area contributed by atoms with Gasteiger partial charge in [0.2, 0.25) is 6.29 Å². The van der Waals surface area contributed by atoms with Crippen LogP contribution in [0.1, 0.15) is 12.5 Å². The van der Waals surface area contributed by atoms with E-state index in [1.54, 1.807) is 19.1 Å². The van der Waals surface area contributed by atoms with Crippen molar-refractivity contribution in [3.05, 3.63) is 29.8 Å². The third-order valence-corrected chi connectivity index (χ3v) is 3.83. The molecule has 1 unspecified atom stereocenters. The number of benzene rings is 1. The van der Waals surface area contributed by atoms with E-state index < -0.39 is 35.2 Å². The first-order valence-corrected chi connectivity index (χ1v) is 7.47. The molecule has 0 saturated heterocycles. The summed E-state index contributed by atoms with van der Waals surface area (Å²) in [6.45, 7) is 1.74. The average Bonchev–Trinajstić information content (AvgIpc) is 2.42. The molecule has 0 N–H and O–H groups in total. The molecule has 0 aromatic heterocycles. The number of carbonyl (C=O) groups excluding carboxylic acids is 1. The number of carbonyl (C=O) groups is 1. The Balaban J connectivity index is 2.93. The van der Waals surface area contributed by atoms with E-state index in [2.05, 4.69) is 4.74 Å². The topological polar surface area (TPSA) is 78.9 Å². The van der Waals surface area contributed by atoms with Gasteiger partial charge in [0.15, 0.2) is 6.10 Å². The maximum atomic E-state index is 12.9. The lowest BCUT2D eigenvalue weighted by Gasteiger charge is -2.22. The molecule has 2 atom stereocenters. The van der Waals surface area contributed by atoms with Crippen molar-refractivity contribution < 1.29 is 31.3 Å². The van der Waals surface area contributed by atoms with Crippen molar-refractivity contribution in [3.63, 3.8) is 0 Å². The Bertz CT molecular complexity index is 569. The van der Waals surface area contributed by atoms with Gasteiger partial charge in [-0.2, -0.15) is 8.42 Å². The molecule has 1 aromatic rings. The molecular weight excluding hydrogens is 303 g/mol. The number of rotatable bonds is 7. The number of alkyl halides is 1. The number of esters is 1. The van der Waals surface area contributed by atoms with Crippen LogP contribution in [0.3, 0.4) is 0 Å². The second-order valence-electron chi connectivity index (χ2n) is 4.27. The summed E-state index contributed by atoms with van der Waals surface area (Å²) in [4.78, 5) is 10.8. The van der Waals surface area contributed by atoms with E-state index in [1.165, 1.54) is 12.1 Å². The van der Waals surface area contributed by atoms with Crippen molar-refractivity contribution in [2.24, 2.45) is 0 Å². The highest BCUT2D eigenvalue weighted by Gasteiger charge is 2.31. The third kappa shape index (κ3) is 5.07. The van der Waals surface area contributed by atoms with Gasteiger partial charge in [-0.25, -0.2) is 8.57 Å². The SMILES string of the molecule is CO[C@H](OS(=O)(=O)c1ccc(C)cc1)C(CF)OC(C)=O. The Labute approximate surface area is 122 Å². The standard InChI is InChI=1S/C13H17FO6S/c1-9-4-6-11(7-5-9)21(16,17)20-13(18-3)12(8-14)19-10(2)15/h4-7,12-13H,8H2,1-3H3/t12?,13-/m1/s1. The lowest BCUT2D eigenvalue weighted by atomic mass is 10.2. The monoisotopic (exact) mass is 320 g/mol. The van der Waals surface area contributed by atoms with Gasteiger partial charge in [0.05, 0.1) is 4.90 Å². The van der Waals surface area contributed by atoms with E-state index in [4.69, 9.17) is 8.92 Å². The summed E-state index contributed by atoms with van der Waals surface area (Å²) in [7, 11) is -3.04. The molecular formula is C13H17FO6S. The van der Waals surface area contributed by atoms with Crippen LogP contribution in [0.4, 0.5) is 4.39 Å². The van der Waals surface area contributed by atoms with Gasteiger partial charge in [-0.15, -0.1) is 0 Å². The second kappa shape index (κ2) is 7.48. The predicted octanol–water partition coefficient (Wildman–Crippen LogP) is 1.57. The molecule has 0 bridgehead atoms. The Kier molecular flexibility index (Phi) is 6.25. The molecule has 0 spiro atoms. The van der Waals surface area contributed by atoms with Crippen LogP contribution in [0, 0.1) is 6.92 Å². The van der Waals surface area contributed by atoms with Crippen LogP contribution in [-0.2, 0) is 28.6 Å². The Hall–Kier alpha value is -1.51. The quantitative estimate of drug-likeness (QED) is 0.431. The van der Waals surface area contributed by atoms with Crippen LogP contribution >= 0.6 is 0 Å². The minimum Gasteiger partial charge on any atom is -0.454 e. The van der Waals surface area contributed by atoms with Crippen LogP contribution in [-0.4, -0.2) is 40.6 Å². The summed E-state index contributed by atoms with van der Waals surface area (Å²) in [5.74, 6) is -0.768. The number of halogens is 1. The van der Waals surface area contributed by atoms with Crippen molar-refractivity contribution in [2.75, 3.05) is 13.8 Å².